The van der Waals surface area contributed by atoms with Crippen molar-refractivity contribution in [3.8, 4) is 11.1 Å². The molecule has 0 radical (unpaired) electrons. The lowest BCUT2D eigenvalue weighted by atomic mass is 9.96. The van der Waals surface area contributed by atoms with Crippen molar-refractivity contribution in [3.05, 3.63) is 95.0 Å². The van der Waals surface area contributed by atoms with Gasteiger partial charge in [0.2, 0.25) is 0 Å². The second-order valence-corrected chi connectivity index (χ2v) is 10.5. The maximum atomic E-state index is 13.3. The van der Waals surface area contributed by atoms with E-state index in [0.717, 1.165) is 47.4 Å². The summed E-state index contributed by atoms with van der Waals surface area (Å²) < 4.78 is 18.3. The van der Waals surface area contributed by atoms with E-state index in [9.17, 15) is 14.1 Å². The summed E-state index contributed by atoms with van der Waals surface area (Å²) in [5.41, 5.74) is 3.67. The molecular formula is C26H18ClNO3S2. The van der Waals surface area contributed by atoms with Crippen LogP contribution in [0.2, 0.25) is 5.02 Å². The van der Waals surface area contributed by atoms with Crippen molar-refractivity contribution in [2.75, 3.05) is 4.72 Å². The minimum absolute atomic E-state index is 0.236. The molecule has 5 rings (SSSR count). The summed E-state index contributed by atoms with van der Waals surface area (Å²) in [6.45, 7) is 1.96. The molecule has 164 valence electrons. The van der Waals surface area contributed by atoms with Crippen LogP contribution in [-0.4, -0.2) is 15.3 Å². The molecule has 0 amide bonds. The highest BCUT2D eigenvalue weighted by Gasteiger charge is 2.17. The molecular weight excluding hydrogens is 474 g/mol. The fourth-order valence-corrected chi connectivity index (χ4v) is 6.60. The van der Waals surface area contributed by atoms with Gasteiger partial charge in [-0.3, -0.25) is 4.72 Å². The fourth-order valence-electron chi connectivity index (χ4n) is 3.95. The highest BCUT2D eigenvalue weighted by atomic mass is 35.5. The Hall–Kier alpha value is -3.19. The topological polar surface area (TPSA) is 66.4 Å². The number of carboxylic acid groups (broad SMARTS) is 1. The Labute approximate surface area is 202 Å². The van der Waals surface area contributed by atoms with Crippen LogP contribution in [0.3, 0.4) is 0 Å². The average Bonchev–Trinajstić information content (AvgIpc) is 3.15. The van der Waals surface area contributed by atoms with E-state index in [-0.39, 0.29) is 5.56 Å². The Morgan fingerprint density at radius 1 is 0.939 bits per heavy atom. The molecule has 0 saturated heterocycles. The number of aryl methyl sites for hydroxylation is 1. The van der Waals surface area contributed by atoms with E-state index in [1.807, 2.05) is 67.6 Å². The molecule has 0 saturated carbocycles. The zero-order valence-electron chi connectivity index (χ0n) is 17.5. The number of aromatic carboxylic acids is 1. The van der Waals surface area contributed by atoms with Gasteiger partial charge < -0.3 is 5.11 Å². The van der Waals surface area contributed by atoms with Crippen molar-refractivity contribution < 1.29 is 14.1 Å². The lowest BCUT2D eigenvalue weighted by molar-refractivity contribution is 0.0697. The maximum absolute atomic E-state index is 13.3. The van der Waals surface area contributed by atoms with E-state index in [1.165, 1.54) is 11.3 Å². The summed E-state index contributed by atoms with van der Waals surface area (Å²) in [6.07, 6.45) is 0. The maximum Gasteiger partial charge on any atom is 0.335 e. The lowest BCUT2D eigenvalue weighted by Gasteiger charge is -2.13. The SMILES string of the molecule is Cc1c(S(=O)Nc2ccc(-c3cccc(C(=O)O)c3)c3ccccc23)sc2ccc(Cl)cc12. The molecule has 4 nitrogen and oxygen atoms in total. The Kier molecular flexibility index (Phi) is 5.66. The Morgan fingerprint density at radius 2 is 1.73 bits per heavy atom. The van der Waals surface area contributed by atoms with Crippen LogP contribution in [0.5, 0.6) is 0 Å². The second-order valence-electron chi connectivity index (χ2n) is 7.62. The number of benzene rings is 4. The fraction of sp³-hybridized carbons (Fsp3) is 0.0385. The second kappa shape index (κ2) is 8.63. The summed E-state index contributed by atoms with van der Waals surface area (Å²) in [5, 5.41) is 12.9. The molecule has 5 aromatic rings. The predicted molar refractivity (Wildman–Crippen MR) is 138 cm³/mol. The summed E-state index contributed by atoms with van der Waals surface area (Å²) in [5.74, 6) is -0.963. The number of hydrogen-bond acceptors (Lipinski definition) is 3. The first-order chi connectivity index (χ1) is 15.9. The standard InChI is InChI=1S/C26H18ClNO3S2/c1-15-22-14-18(27)9-12-24(22)32-26(15)33(31)28-23-11-10-19(20-7-2-3-8-21(20)23)16-5-4-6-17(13-16)25(29)30/h2-14,28H,1H3,(H,29,30). The summed E-state index contributed by atoms with van der Waals surface area (Å²) in [4.78, 5) is 11.4. The number of thiophene rings is 1. The van der Waals surface area contributed by atoms with Crippen molar-refractivity contribution in [1.82, 2.24) is 0 Å². The van der Waals surface area contributed by atoms with Crippen LogP contribution >= 0.6 is 22.9 Å². The Balaban J connectivity index is 1.56. The first-order valence-electron chi connectivity index (χ1n) is 10.1. The minimum atomic E-state index is -1.45. The average molecular weight is 492 g/mol. The Bertz CT molecular complexity index is 1580. The number of carboxylic acids is 1. The van der Waals surface area contributed by atoms with Crippen LogP contribution in [0.4, 0.5) is 5.69 Å². The number of anilines is 1. The summed E-state index contributed by atoms with van der Waals surface area (Å²) in [7, 11) is -1.45. The van der Waals surface area contributed by atoms with Gasteiger partial charge in [-0.05, 0) is 70.8 Å². The van der Waals surface area contributed by atoms with E-state index < -0.39 is 17.0 Å². The van der Waals surface area contributed by atoms with E-state index in [2.05, 4.69) is 4.72 Å². The van der Waals surface area contributed by atoms with Gasteiger partial charge in [0, 0.05) is 15.1 Å². The highest BCUT2D eigenvalue weighted by molar-refractivity contribution is 7.88. The van der Waals surface area contributed by atoms with Crippen molar-refractivity contribution in [1.29, 1.82) is 0 Å². The van der Waals surface area contributed by atoms with Gasteiger partial charge in [0.05, 0.1) is 11.3 Å². The van der Waals surface area contributed by atoms with Crippen LogP contribution in [-0.2, 0) is 11.0 Å². The molecule has 33 heavy (non-hydrogen) atoms. The minimum Gasteiger partial charge on any atom is -0.478 e. The lowest BCUT2D eigenvalue weighted by Crippen LogP contribution is -2.05. The normalized spacial score (nSPS) is 12.2. The van der Waals surface area contributed by atoms with Crippen LogP contribution in [0.1, 0.15) is 15.9 Å². The van der Waals surface area contributed by atoms with E-state index in [0.29, 0.717) is 5.02 Å². The highest BCUT2D eigenvalue weighted by Crippen LogP contribution is 2.37. The quantitative estimate of drug-likeness (QED) is 0.267. The largest absolute Gasteiger partial charge is 0.478 e. The molecule has 0 bridgehead atoms. The molecule has 7 heteroatoms. The molecule has 1 heterocycles. The monoisotopic (exact) mass is 491 g/mol. The molecule has 1 aromatic heterocycles. The van der Waals surface area contributed by atoms with Gasteiger partial charge in [0.25, 0.3) is 0 Å². The number of fused-ring (bicyclic) bond motifs is 2. The molecule has 1 atom stereocenters. The van der Waals surface area contributed by atoms with Gasteiger partial charge in [-0.25, -0.2) is 9.00 Å². The number of rotatable bonds is 5. The first-order valence-corrected chi connectivity index (χ1v) is 12.5. The zero-order chi connectivity index (χ0) is 23.1. The van der Waals surface area contributed by atoms with Crippen LogP contribution in [0, 0.1) is 6.92 Å². The van der Waals surface area contributed by atoms with Crippen molar-refractivity contribution in [2.24, 2.45) is 0 Å². The Morgan fingerprint density at radius 3 is 2.52 bits per heavy atom. The number of nitrogens with one attached hydrogen (secondary N) is 1. The van der Waals surface area contributed by atoms with Crippen LogP contribution in [0.15, 0.2) is 83.1 Å². The van der Waals surface area contributed by atoms with E-state index in [1.54, 1.807) is 18.2 Å². The van der Waals surface area contributed by atoms with Gasteiger partial charge in [0.15, 0.2) is 11.0 Å². The third-order valence-electron chi connectivity index (χ3n) is 5.57. The van der Waals surface area contributed by atoms with Crippen molar-refractivity contribution >= 4 is 66.4 Å². The van der Waals surface area contributed by atoms with E-state index >= 15 is 0 Å². The smallest absolute Gasteiger partial charge is 0.335 e. The van der Waals surface area contributed by atoms with Crippen LogP contribution in [0.25, 0.3) is 32.0 Å². The van der Waals surface area contributed by atoms with Gasteiger partial charge in [-0.15, -0.1) is 11.3 Å². The van der Waals surface area contributed by atoms with Gasteiger partial charge in [-0.1, -0.05) is 54.1 Å². The van der Waals surface area contributed by atoms with Crippen molar-refractivity contribution in [2.45, 2.75) is 11.1 Å². The molecule has 2 N–H and O–H groups in total. The third kappa shape index (κ3) is 4.02. The zero-order valence-corrected chi connectivity index (χ0v) is 19.9. The van der Waals surface area contributed by atoms with Crippen LogP contribution < -0.4 is 4.72 Å². The predicted octanol–water partition coefficient (Wildman–Crippen LogP) is 7.52. The van der Waals surface area contributed by atoms with Gasteiger partial charge in [-0.2, -0.15) is 0 Å². The first kappa shape index (κ1) is 21.6. The summed E-state index contributed by atoms with van der Waals surface area (Å²) >= 11 is 7.64. The molecule has 1 unspecified atom stereocenters. The van der Waals surface area contributed by atoms with Crippen molar-refractivity contribution in [3.63, 3.8) is 0 Å². The number of carbonyl (C=O) groups is 1. The molecule has 0 spiro atoms. The third-order valence-corrected chi connectivity index (χ3v) is 8.63. The van der Waals surface area contributed by atoms with E-state index in [4.69, 9.17) is 11.6 Å². The molecule has 0 aliphatic carbocycles. The molecule has 4 aromatic carbocycles. The molecule has 0 aliphatic heterocycles. The molecule has 0 fully saturated rings. The van der Waals surface area contributed by atoms with Gasteiger partial charge >= 0.3 is 5.97 Å². The number of halogens is 1. The molecule has 0 aliphatic rings. The number of hydrogen-bond donors (Lipinski definition) is 2. The summed E-state index contributed by atoms with van der Waals surface area (Å²) in [6, 6.07) is 24.2. The van der Waals surface area contributed by atoms with Gasteiger partial charge in [0.1, 0.15) is 4.21 Å².